The monoisotopic (exact) mass is 304 g/mol. The van der Waals surface area contributed by atoms with Crippen molar-refractivity contribution in [1.82, 2.24) is 0 Å². The number of carbonyl (C=O) groups is 1. The first kappa shape index (κ1) is 16.1. The van der Waals surface area contributed by atoms with Gasteiger partial charge >= 0.3 is 11.6 Å². The van der Waals surface area contributed by atoms with Crippen LogP contribution in [0.4, 0.5) is 0 Å². The van der Waals surface area contributed by atoms with Crippen LogP contribution in [0.25, 0.3) is 11.0 Å². The number of benzene rings is 1. The van der Waals surface area contributed by atoms with E-state index in [0.717, 1.165) is 17.4 Å². The summed E-state index contributed by atoms with van der Waals surface area (Å²) in [6.45, 7) is 7.46. The van der Waals surface area contributed by atoms with Crippen LogP contribution in [-0.4, -0.2) is 18.7 Å². The van der Waals surface area contributed by atoms with Crippen LogP contribution in [0.3, 0.4) is 0 Å². The summed E-state index contributed by atoms with van der Waals surface area (Å²) < 4.78 is 15.9. The van der Waals surface area contributed by atoms with E-state index < -0.39 is 12.1 Å². The van der Waals surface area contributed by atoms with Crippen LogP contribution < -0.4 is 10.4 Å². The molecule has 1 aromatic carbocycles. The highest BCUT2D eigenvalue weighted by Crippen LogP contribution is 2.29. The van der Waals surface area contributed by atoms with Gasteiger partial charge in [0.2, 0.25) is 0 Å². The van der Waals surface area contributed by atoms with Crippen molar-refractivity contribution in [3.63, 3.8) is 0 Å². The summed E-state index contributed by atoms with van der Waals surface area (Å²) in [4.78, 5) is 23.3. The molecule has 0 saturated carbocycles. The standard InChI is InChI=1S/C17H20O5/c1-5-12-9-15(18)22-16-10(3)14(8-7-13(12)16)21-11(4)17(19)20-6-2/h7-9,11H,5-6H2,1-4H3/t11-/m0/s1. The van der Waals surface area contributed by atoms with Crippen molar-refractivity contribution in [2.45, 2.75) is 40.2 Å². The second kappa shape index (κ2) is 6.64. The van der Waals surface area contributed by atoms with Gasteiger partial charge in [-0.3, -0.25) is 0 Å². The summed E-state index contributed by atoms with van der Waals surface area (Å²) in [6, 6.07) is 5.13. The molecule has 2 aromatic rings. The summed E-state index contributed by atoms with van der Waals surface area (Å²) >= 11 is 0. The molecule has 0 aliphatic rings. The van der Waals surface area contributed by atoms with E-state index in [2.05, 4.69) is 0 Å². The average Bonchev–Trinajstić information content (AvgIpc) is 2.49. The van der Waals surface area contributed by atoms with Crippen LogP contribution >= 0.6 is 0 Å². The third kappa shape index (κ3) is 3.13. The van der Waals surface area contributed by atoms with E-state index in [0.29, 0.717) is 23.5 Å². The third-order valence-electron chi connectivity index (χ3n) is 3.50. The number of ether oxygens (including phenoxy) is 2. The van der Waals surface area contributed by atoms with Crippen molar-refractivity contribution in [3.05, 3.63) is 39.7 Å². The van der Waals surface area contributed by atoms with Crippen LogP contribution in [0, 0.1) is 6.92 Å². The Morgan fingerprint density at radius 1 is 1.32 bits per heavy atom. The van der Waals surface area contributed by atoms with Crippen molar-refractivity contribution in [2.24, 2.45) is 0 Å². The van der Waals surface area contributed by atoms with Gasteiger partial charge in [-0.2, -0.15) is 0 Å². The van der Waals surface area contributed by atoms with E-state index in [9.17, 15) is 9.59 Å². The summed E-state index contributed by atoms with van der Waals surface area (Å²) in [6.07, 6.45) is 0.0122. The molecule has 0 aliphatic carbocycles. The molecule has 0 fully saturated rings. The molecule has 2 rings (SSSR count). The maximum Gasteiger partial charge on any atom is 0.347 e. The molecule has 0 bridgehead atoms. The van der Waals surface area contributed by atoms with Crippen LogP contribution in [0.5, 0.6) is 5.75 Å². The molecule has 1 atom stereocenters. The number of carbonyl (C=O) groups excluding carboxylic acids is 1. The fourth-order valence-electron chi connectivity index (χ4n) is 2.33. The smallest absolute Gasteiger partial charge is 0.347 e. The van der Waals surface area contributed by atoms with Crippen molar-refractivity contribution < 1.29 is 18.7 Å². The minimum Gasteiger partial charge on any atom is -0.479 e. The van der Waals surface area contributed by atoms with Gasteiger partial charge in [-0.05, 0) is 44.9 Å². The molecular weight excluding hydrogens is 284 g/mol. The molecule has 0 spiro atoms. The molecule has 1 aromatic heterocycles. The Hall–Kier alpha value is -2.30. The molecule has 0 unspecified atom stereocenters. The van der Waals surface area contributed by atoms with E-state index in [1.165, 1.54) is 6.07 Å². The first-order chi connectivity index (χ1) is 10.5. The van der Waals surface area contributed by atoms with Crippen molar-refractivity contribution in [2.75, 3.05) is 6.61 Å². The highest BCUT2D eigenvalue weighted by Gasteiger charge is 2.18. The molecule has 0 amide bonds. The zero-order chi connectivity index (χ0) is 16.3. The van der Waals surface area contributed by atoms with Gasteiger partial charge in [-0.15, -0.1) is 0 Å². The van der Waals surface area contributed by atoms with Gasteiger partial charge in [0.25, 0.3) is 0 Å². The minimum absolute atomic E-state index is 0.304. The molecule has 0 N–H and O–H groups in total. The Morgan fingerprint density at radius 3 is 2.68 bits per heavy atom. The van der Waals surface area contributed by atoms with Gasteiger partial charge in [0.15, 0.2) is 6.10 Å². The van der Waals surface area contributed by atoms with Gasteiger partial charge in [0, 0.05) is 17.0 Å². The topological polar surface area (TPSA) is 65.7 Å². The van der Waals surface area contributed by atoms with Gasteiger partial charge < -0.3 is 13.9 Å². The van der Waals surface area contributed by atoms with Crippen LogP contribution in [0.1, 0.15) is 31.9 Å². The average molecular weight is 304 g/mol. The predicted octanol–water partition coefficient (Wildman–Crippen LogP) is 2.99. The minimum atomic E-state index is -0.725. The lowest BCUT2D eigenvalue weighted by Crippen LogP contribution is -2.26. The van der Waals surface area contributed by atoms with Gasteiger partial charge in [-0.25, -0.2) is 9.59 Å². The van der Waals surface area contributed by atoms with Crippen molar-refractivity contribution in [1.29, 1.82) is 0 Å². The van der Waals surface area contributed by atoms with E-state index >= 15 is 0 Å². The van der Waals surface area contributed by atoms with Crippen LogP contribution in [-0.2, 0) is 16.0 Å². The Balaban J connectivity index is 2.43. The number of rotatable bonds is 5. The number of esters is 1. The summed E-state index contributed by atoms with van der Waals surface area (Å²) in [5, 5.41) is 0.885. The van der Waals surface area contributed by atoms with E-state index in [-0.39, 0.29) is 5.63 Å². The quantitative estimate of drug-likeness (QED) is 0.627. The maximum absolute atomic E-state index is 11.7. The molecule has 118 valence electrons. The molecule has 5 heteroatoms. The van der Waals surface area contributed by atoms with E-state index in [1.807, 2.05) is 13.0 Å². The highest BCUT2D eigenvalue weighted by atomic mass is 16.6. The van der Waals surface area contributed by atoms with E-state index in [1.54, 1.807) is 26.8 Å². The normalized spacial score (nSPS) is 12.2. The number of aryl methyl sites for hydroxylation is 2. The molecule has 5 nitrogen and oxygen atoms in total. The molecular formula is C17H20O5. The van der Waals surface area contributed by atoms with Gasteiger partial charge in [0.1, 0.15) is 11.3 Å². The zero-order valence-corrected chi connectivity index (χ0v) is 13.3. The van der Waals surface area contributed by atoms with Gasteiger partial charge in [-0.1, -0.05) is 6.92 Å². The molecule has 0 radical (unpaired) electrons. The number of hydrogen-bond donors (Lipinski definition) is 0. The van der Waals surface area contributed by atoms with Crippen molar-refractivity contribution >= 4 is 16.9 Å². The number of hydrogen-bond acceptors (Lipinski definition) is 5. The molecule has 22 heavy (non-hydrogen) atoms. The number of fused-ring (bicyclic) bond motifs is 1. The first-order valence-corrected chi connectivity index (χ1v) is 7.37. The fraction of sp³-hybridized carbons (Fsp3) is 0.412. The Bertz CT molecular complexity index is 745. The SMILES string of the molecule is CCOC(=O)[C@H](C)Oc1ccc2c(CC)cc(=O)oc2c1C. The van der Waals surface area contributed by atoms with E-state index in [4.69, 9.17) is 13.9 Å². The third-order valence-corrected chi connectivity index (χ3v) is 3.50. The van der Waals surface area contributed by atoms with Crippen LogP contribution in [0.15, 0.2) is 27.4 Å². The Kier molecular flexibility index (Phi) is 4.85. The molecule has 0 aliphatic heterocycles. The zero-order valence-electron chi connectivity index (χ0n) is 13.3. The van der Waals surface area contributed by atoms with Crippen molar-refractivity contribution in [3.8, 4) is 5.75 Å². The summed E-state index contributed by atoms with van der Waals surface area (Å²) in [5.41, 5.74) is 1.74. The molecule has 1 heterocycles. The second-order valence-electron chi connectivity index (χ2n) is 5.02. The lowest BCUT2D eigenvalue weighted by Gasteiger charge is -2.16. The lowest BCUT2D eigenvalue weighted by molar-refractivity contribution is -0.150. The van der Waals surface area contributed by atoms with Gasteiger partial charge in [0.05, 0.1) is 6.61 Å². The first-order valence-electron chi connectivity index (χ1n) is 7.37. The van der Waals surface area contributed by atoms with Crippen LogP contribution in [0.2, 0.25) is 0 Å². The second-order valence-corrected chi connectivity index (χ2v) is 5.02. The largest absolute Gasteiger partial charge is 0.479 e. The fourth-order valence-corrected chi connectivity index (χ4v) is 2.33. The lowest BCUT2D eigenvalue weighted by atomic mass is 10.0. The summed E-state index contributed by atoms with van der Waals surface area (Å²) in [5.74, 6) is 0.0789. The maximum atomic E-state index is 11.7. The summed E-state index contributed by atoms with van der Waals surface area (Å²) in [7, 11) is 0. The Labute approximate surface area is 128 Å². The molecule has 0 saturated heterocycles. The Morgan fingerprint density at radius 2 is 2.05 bits per heavy atom. The predicted molar refractivity (Wildman–Crippen MR) is 83.3 cm³/mol. The highest BCUT2D eigenvalue weighted by molar-refractivity contribution is 5.85.